The van der Waals surface area contributed by atoms with Crippen LogP contribution in [0.4, 0.5) is 0 Å². The molecule has 2 heterocycles. The highest BCUT2D eigenvalue weighted by atomic mass is 15.1. The van der Waals surface area contributed by atoms with Crippen LogP contribution in [0.5, 0.6) is 0 Å². The third kappa shape index (κ3) is 2.54. The van der Waals surface area contributed by atoms with Crippen molar-refractivity contribution in [2.45, 2.75) is 45.6 Å². The predicted octanol–water partition coefficient (Wildman–Crippen LogP) is 5.33. The molecule has 2 nitrogen and oxygen atoms in total. The number of fused-ring (bicyclic) bond motifs is 1. The summed E-state index contributed by atoms with van der Waals surface area (Å²) < 4.78 is 2.44. The van der Waals surface area contributed by atoms with E-state index in [-0.39, 0.29) is 5.41 Å². The number of hydrogen-bond acceptors (Lipinski definition) is 1. The van der Waals surface area contributed by atoms with Gasteiger partial charge in [-0.2, -0.15) is 0 Å². The molecule has 0 aliphatic rings. The maximum atomic E-state index is 4.67. The van der Waals surface area contributed by atoms with E-state index in [9.17, 15) is 0 Å². The Kier molecular flexibility index (Phi) is 3.78. The summed E-state index contributed by atoms with van der Waals surface area (Å²) in [6.07, 6.45) is 2.94. The van der Waals surface area contributed by atoms with Gasteiger partial charge in [0.25, 0.3) is 0 Å². The van der Waals surface area contributed by atoms with Gasteiger partial charge >= 0.3 is 0 Å². The van der Waals surface area contributed by atoms with Gasteiger partial charge in [-0.1, -0.05) is 58.0 Å². The molecule has 0 unspecified atom stereocenters. The van der Waals surface area contributed by atoms with E-state index >= 15 is 0 Å². The smallest absolute Gasteiger partial charge is 0.140 e. The van der Waals surface area contributed by atoms with Crippen LogP contribution in [-0.2, 0) is 5.41 Å². The summed E-state index contributed by atoms with van der Waals surface area (Å²) in [4.78, 5) is 4.67. The highest BCUT2D eigenvalue weighted by molar-refractivity contribution is 5.78. The molecule has 0 bridgehead atoms. The summed E-state index contributed by atoms with van der Waals surface area (Å²) in [5, 5.41) is 1.22. The Morgan fingerprint density at radius 2 is 1.77 bits per heavy atom. The van der Waals surface area contributed by atoms with Crippen molar-refractivity contribution in [1.29, 1.82) is 0 Å². The lowest BCUT2D eigenvalue weighted by atomic mass is 9.91. The Morgan fingerprint density at radius 1 is 1.05 bits per heavy atom. The van der Waals surface area contributed by atoms with Crippen molar-refractivity contribution in [2.24, 2.45) is 0 Å². The molecule has 0 saturated carbocycles. The van der Waals surface area contributed by atoms with E-state index in [2.05, 4.69) is 79.7 Å². The average molecular weight is 292 g/mol. The predicted molar refractivity (Wildman–Crippen MR) is 93.3 cm³/mol. The van der Waals surface area contributed by atoms with Gasteiger partial charge in [0.05, 0.1) is 6.04 Å². The summed E-state index contributed by atoms with van der Waals surface area (Å²) >= 11 is 0. The van der Waals surface area contributed by atoms with Gasteiger partial charge in [0.2, 0.25) is 0 Å². The zero-order valence-electron chi connectivity index (χ0n) is 13.9. The van der Waals surface area contributed by atoms with Crippen LogP contribution < -0.4 is 0 Å². The molecule has 0 radical (unpaired) electrons. The van der Waals surface area contributed by atoms with Gasteiger partial charge in [0.15, 0.2) is 0 Å². The molecule has 0 spiro atoms. The maximum absolute atomic E-state index is 4.67. The highest BCUT2D eigenvalue weighted by Crippen LogP contribution is 2.35. The van der Waals surface area contributed by atoms with Crippen molar-refractivity contribution in [3.05, 3.63) is 66.0 Å². The van der Waals surface area contributed by atoms with E-state index in [0.29, 0.717) is 6.04 Å². The minimum Gasteiger partial charge on any atom is -0.322 e. The average Bonchev–Trinajstić information content (AvgIpc) is 2.89. The molecule has 0 saturated heterocycles. The third-order valence-corrected chi connectivity index (χ3v) is 4.25. The van der Waals surface area contributed by atoms with Crippen molar-refractivity contribution in [1.82, 2.24) is 9.55 Å². The number of pyridine rings is 1. The molecule has 1 aromatic carbocycles. The van der Waals surface area contributed by atoms with E-state index < -0.39 is 0 Å². The van der Waals surface area contributed by atoms with Crippen LogP contribution in [-0.4, -0.2) is 9.55 Å². The van der Waals surface area contributed by atoms with Crippen molar-refractivity contribution in [3.63, 3.8) is 0 Å². The minimum atomic E-state index is 0.0862. The molecule has 0 aliphatic heterocycles. The van der Waals surface area contributed by atoms with Gasteiger partial charge in [-0.15, -0.1) is 0 Å². The Hall–Kier alpha value is -2.09. The monoisotopic (exact) mass is 292 g/mol. The second kappa shape index (κ2) is 5.60. The second-order valence-corrected chi connectivity index (χ2v) is 6.90. The lowest BCUT2D eigenvalue weighted by molar-refractivity contribution is 0.482. The van der Waals surface area contributed by atoms with Crippen molar-refractivity contribution in [3.8, 4) is 0 Å². The van der Waals surface area contributed by atoms with Crippen LogP contribution in [0.3, 0.4) is 0 Å². The Balaban J connectivity index is 2.28. The van der Waals surface area contributed by atoms with Crippen molar-refractivity contribution in [2.75, 3.05) is 0 Å². The van der Waals surface area contributed by atoms with Crippen LogP contribution in [0, 0.1) is 0 Å². The van der Waals surface area contributed by atoms with Crippen LogP contribution in [0.15, 0.2) is 54.7 Å². The summed E-state index contributed by atoms with van der Waals surface area (Å²) in [7, 11) is 0. The highest BCUT2D eigenvalue weighted by Gasteiger charge is 2.25. The molecule has 0 amide bonds. The molecule has 22 heavy (non-hydrogen) atoms. The number of aromatic nitrogens is 2. The molecule has 3 rings (SSSR count). The van der Waals surface area contributed by atoms with E-state index in [1.807, 2.05) is 12.3 Å². The number of benzene rings is 1. The molecule has 0 fully saturated rings. The molecule has 2 aromatic heterocycles. The van der Waals surface area contributed by atoms with Crippen molar-refractivity contribution < 1.29 is 0 Å². The summed E-state index contributed by atoms with van der Waals surface area (Å²) in [5.74, 6) is 0. The van der Waals surface area contributed by atoms with Crippen LogP contribution in [0.1, 0.15) is 51.4 Å². The molecule has 3 aromatic rings. The molecular formula is C20H24N2. The topological polar surface area (TPSA) is 17.8 Å². The zero-order chi connectivity index (χ0) is 15.7. The summed E-state index contributed by atoms with van der Waals surface area (Å²) in [5.41, 5.74) is 3.86. The Labute approximate surface area is 132 Å². The molecule has 114 valence electrons. The SMILES string of the molecule is CC[C@@H](c1ccccc1)n1c(C(C)(C)C)cc2cccnc21. The lowest BCUT2D eigenvalue weighted by Gasteiger charge is -2.27. The van der Waals surface area contributed by atoms with Gasteiger partial charge in [-0.05, 0) is 30.2 Å². The van der Waals surface area contributed by atoms with E-state index in [1.165, 1.54) is 16.6 Å². The number of nitrogens with zero attached hydrogens (tertiary/aromatic N) is 2. The van der Waals surface area contributed by atoms with Crippen LogP contribution >= 0.6 is 0 Å². The van der Waals surface area contributed by atoms with Crippen molar-refractivity contribution >= 4 is 11.0 Å². The van der Waals surface area contributed by atoms with Gasteiger partial charge in [-0.25, -0.2) is 4.98 Å². The summed E-state index contributed by atoms with van der Waals surface area (Å²) in [6, 6.07) is 17.5. The van der Waals surface area contributed by atoms with Gasteiger partial charge in [0.1, 0.15) is 5.65 Å². The van der Waals surface area contributed by atoms with E-state index in [0.717, 1.165) is 12.1 Å². The maximum Gasteiger partial charge on any atom is 0.140 e. The quantitative estimate of drug-likeness (QED) is 0.637. The first-order valence-electron chi connectivity index (χ1n) is 8.03. The second-order valence-electron chi connectivity index (χ2n) is 6.90. The Morgan fingerprint density at radius 3 is 2.41 bits per heavy atom. The number of hydrogen-bond donors (Lipinski definition) is 0. The molecule has 2 heteroatoms. The van der Waals surface area contributed by atoms with Gasteiger partial charge < -0.3 is 4.57 Å². The standard InChI is InChI=1S/C20H24N2/c1-5-17(15-10-7-6-8-11-15)22-18(20(2,3)4)14-16-12-9-13-21-19(16)22/h6-14,17H,5H2,1-4H3/t17-/m0/s1. The number of rotatable bonds is 3. The fourth-order valence-corrected chi connectivity index (χ4v) is 3.19. The first-order valence-corrected chi connectivity index (χ1v) is 8.03. The normalized spacial score (nSPS) is 13.5. The van der Waals surface area contributed by atoms with E-state index in [4.69, 9.17) is 0 Å². The van der Waals surface area contributed by atoms with Gasteiger partial charge in [0, 0.05) is 22.7 Å². The van der Waals surface area contributed by atoms with Gasteiger partial charge in [-0.3, -0.25) is 0 Å². The molecule has 0 N–H and O–H groups in total. The molecular weight excluding hydrogens is 268 g/mol. The largest absolute Gasteiger partial charge is 0.322 e. The minimum absolute atomic E-state index is 0.0862. The third-order valence-electron chi connectivity index (χ3n) is 4.25. The van der Waals surface area contributed by atoms with E-state index in [1.54, 1.807) is 0 Å². The summed E-state index contributed by atoms with van der Waals surface area (Å²) in [6.45, 7) is 9.07. The fourth-order valence-electron chi connectivity index (χ4n) is 3.19. The fraction of sp³-hybridized carbons (Fsp3) is 0.350. The first-order chi connectivity index (χ1) is 10.5. The lowest BCUT2D eigenvalue weighted by Crippen LogP contribution is -2.21. The first kappa shape index (κ1) is 14.8. The van der Waals surface area contributed by atoms with Crippen LogP contribution in [0.25, 0.3) is 11.0 Å². The van der Waals surface area contributed by atoms with Crippen LogP contribution in [0.2, 0.25) is 0 Å². The molecule has 0 aliphatic carbocycles. The zero-order valence-corrected chi connectivity index (χ0v) is 13.9. The molecule has 1 atom stereocenters. The Bertz CT molecular complexity index is 763.